The van der Waals surface area contributed by atoms with Crippen molar-refractivity contribution in [1.82, 2.24) is 4.90 Å². The topological polar surface area (TPSA) is 49.4 Å². The first kappa shape index (κ1) is 15.4. The molecule has 4 nitrogen and oxygen atoms in total. The van der Waals surface area contributed by atoms with Crippen molar-refractivity contribution in [3.63, 3.8) is 0 Å². The minimum absolute atomic E-state index is 0.0471. The first-order valence-corrected chi connectivity index (χ1v) is 6.90. The molecule has 1 saturated heterocycles. The maximum atomic E-state index is 13.1. The molecule has 1 aromatic rings. The second kappa shape index (κ2) is 6.20. The number of halogens is 2. The molecule has 0 saturated carbocycles. The lowest BCUT2D eigenvalue weighted by molar-refractivity contribution is -0.128. The third-order valence-corrected chi connectivity index (χ3v) is 3.36. The van der Waals surface area contributed by atoms with E-state index < -0.39 is 17.6 Å². The summed E-state index contributed by atoms with van der Waals surface area (Å²) in [6, 6.07) is 3.17. The van der Waals surface area contributed by atoms with Crippen LogP contribution in [-0.2, 0) is 9.59 Å². The van der Waals surface area contributed by atoms with Gasteiger partial charge in [-0.05, 0) is 18.1 Å². The third kappa shape index (κ3) is 3.77. The number of nitrogens with one attached hydrogen (secondary N) is 1. The first-order chi connectivity index (χ1) is 9.86. The fraction of sp³-hybridized carbons (Fsp3) is 0.467. The number of amides is 2. The largest absolute Gasteiger partial charge is 0.342 e. The Morgan fingerprint density at radius 1 is 1.38 bits per heavy atom. The molecular formula is C15H18F2N2O2. The molecule has 1 unspecified atom stereocenters. The molecule has 1 aliphatic rings. The molecule has 6 heteroatoms. The van der Waals surface area contributed by atoms with Crippen LogP contribution < -0.4 is 5.32 Å². The van der Waals surface area contributed by atoms with Gasteiger partial charge in [-0.25, -0.2) is 8.78 Å². The van der Waals surface area contributed by atoms with Crippen LogP contribution in [0.5, 0.6) is 0 Å². The van der Waals surface area contributed by atoms with Gasteiger partial charge >= 0.3 is 0 Å². The van der Waals surface area contributed by atoms with Gasteiger partial charge in [0.05, 0.1) is 5.92 Å². The molecule has 1 atom stereocenters. The summed E-state index contributed by atoms with van der Waals surface area (Å²) in [4.78, 5) is 25.6. The summed E-state index contributed by atoms with van der Waals surface area (Å²) < 4.78 is 25.9. The van der Waals surface area contributed by atoms with Crippen molar-refractivity contribution in [1.29, 1.82) is 0 Å². The molecule has 0 radical (unpaired) electrons. The fourth-order valence-electron chi connectivity index (χ4n) is 2.38. The number of hydrogen-bond acceptors (Lipinski definition) is 2. The van der Waals surface area contributed by atoms with Gasteiger partial charge in [0.15, 0.2) is 11.6 Å². The molecule has 1 aliphatic heterocycles. The van der Waals surface area contributed by atoms with Crippen LogP contribution in [0.3, 0.4) is 0 Å². The smallest absolute Gasteiger partial charge is 0.229 e. The van der Waals surface area contributed by atoms with E-state index in [4.69, 9.17) is 0 Å². The zero-order valence-corrected chi connectivity index (χ0v) is 12.0. The van der Waals surface area contributed by atoms with Crippen molar-refractivity contribution in [3.8, 4) is 0 Å². The van der Waals surface area contributed by atoms with E-state index in [2.05, 4.69) is 5.32 Å². The summed E-state index contributed by atoms with van der Waals surface area (Å²) in [5.74, 6) is -2.50. The normalized spacial score (nSPS) is 18.4. The fourth-order valence-corrected chi connectivity index (χ4v) is 2.38. The molecule has 1 N–H and O–H groups in total. The molecule has 21 heavy (non-hydrogen) atoms. The van der Waals surface area contributed by atoms with Gasteiger partial charge in [0.2, 0.25) is 11.8 Å². The van der Waals surface area contributed by atoms with Gasteiger partial charge in [-0.1, -0.05) is 13.8 Å². The second-order valence-corrected chi connectivity index (χ2v) is 5.71. The zero-order valence-electron chi connectivity index (χ0n) is 12.0. The summed E-state index contributed by atoms with van der Waals surface area (Å²) in [6.07, 6.45) is 0.155. The Balaban J connectivity index is 1.98. The van der Waals surface area contributed by atoms with Gasteiger partial charge in [0.25, 0.3) is 0 Å². The number of likely N-dealkylation sites (tertiary alicyclic amines) is 1. The Hall–Kier alpha value is -1.98. The Bertz CT molecular complexity index is 561. The van der Waals surface area contributed by atoms with Crippen LogP contribution in [0.1, 0.15) is 20.3 Å². The van der Waals surface area contributed by atoms with Crippen LogP contribution in [0.4, 0.5) is 14.5 Å². The number of nitrogens with zero attached hydrogens (tertiary/aromatic N) is 1. The van der Waals surface area contributed by atoms with Crippen LogP contribution in [0.2, 0.25) is 0 Å². The van der Waals surface area contributed by atoms with Gasteiger partial charge in [0, 0.05) is 31.3 Å². The minimum Gasteiger partial charge on any atom is -0.342 e. The SMILES string of the molecule is CC(C)CN1CC(C(=O)Nc2ccc(F)c(F)c2)CC1=O. The van der Waals surface area contributed by atoms with Gasteiger partial charge in [-0.2, -0.15) is 0 Å². The molecule has 0 aromatic heterocycles. The first-order valence-electron chi connectivity index (χ1n) is 6.90. The molecule has 2 amide bonds. The average Bonchev–Trinajstić information content (AvgIpc) is 2.75. The van der Waals surface area contributed by atoms with Crippen molar-refractivity contribution in [2.24, 2.45) is 11.8 Å². The predicted octanol–water partition coefficient (Wildman–Crippen LogP) is 2.41. The van der Waals surface area contributed by atoms with E-state index in [1.54, 1.807) is 4.90 Å². The third-order valence-electron chi connectivity index (χ3n) is 3.36. The maximum absolute atomic E-state index is 13.1. The Kier molecular flexibility index (Phi) is 4.55. The molecule has 114 valence electrons. The van der Waals surface area contributed by atoms with Gasteiger partial charge in [0.1, 0.15) is 0 Å². The Labute approximate surface area is 122 Å². The lowest BCUT2D eigenvalue weighted by atomic mass is 10.1. The lowest BCUT2D eigenvalue weighted by Crippen LogP contribution is -2.31. The summed E-state index contributed by atoms with van der Waals surface area (Å²) in [5.41, 5.74) is 0.189. The standard InChI is InChI=1S/C15H18F2N2O2/c1-9(2)7-19-8-10(5-14(19)20)15(21)18-11-3-4-12(16)13(17)6-11/h3-4,6,9-10H,5,7-8H2,1-2H3,(H,18,21). The molecule has 0 spiro atoms. The van der Waals surface area contributed by atoms with E-state index in [0.717, 1.165) is 12.1 Å². The number of benzene rings is 1. The predicted molar refractivity (Wildman–Crippen MR) is 74.5 cm³/mol. The van der Waals surface area contributed by atoms with E-state index in [0.29, 0.717) is 19.0 Å². The summed E-state index contributed by atoms with van der Waals surface area (Å²) in [7, 11) is 0. The van der Waals surface area contributed by atoms with E-state index in [-0.39, 0.29) is 23.9 Å². The number of anilines is 1. The van der Waals surface area contributed by atoms with Crippen LogP contribution >= 0.6 is 0 Å². The quantitative estimate of drug-likeness (QED) is 0.927. The summed E-state index contributed by atoms with van der Waals surface area (Å²) in [5, 5.41) is 2.52. The van der Waals surface area contributed by atoms with E-state index in [1.807, 2.05) is 13.8 Å². The Morgan fingerprint density at radius 2 is 2.10 bits per heavy atom. The van der Waals surface area contributed by atoms with Crippen molar-refractivity contribution < 1.29 is 18.4 Å². The van der Waals surface area contributed by atoms with Gasteiger partial charge in [-0.15, -0.1) is 0 Å². The van der Waals surface area contributed by atoms with Gasteiger partial charge < -0.3 is 10.2 Å². The van der Waals surface area contributed by atoms with Crippen molar-refractivity contribution >= 4 is 17.5 Å². The molecule has 2 rings (SSSR count). The van der Waals surface area contributed by atoms with Crippen molar-refractivity contribution in [2.45, 2.75) is 20.3 Å². The number of carbonyl (C=O) groups excluding carboxylic acids is 2. The van der Waals surface area contributed by atoms with E-state index >= 15 is 0 Å². The molecule has 1 fully saturated rings. The number of carbonyl (C=O) groups is 2. The minimum atomic E-state index is -1.02. The van der Waals surface area contributed by atoms with Crippen molar-refractivity contribution in [2.75, 3.05) is 18.4 Å². The number of hydrogen-bond donors (Lipinski definition) is 1. The molecule has 1 heterocycles. The maximum Gasteiger partial charge on any atom is 0.229 e. The zero-order chi connectivity index (χ0) is 15.6. The van der Waals surface area contributed by atoms with E-state index in [1.165, 1.54) is 6.07 Å². The highest BCUT2D eigenvalue weighted by Gasteiger charge is 2.34. The van der Waals surface area contributed by atoms with Crippen LogP contribution in [-0.4, -0.2) is 29.8 Å². The van der Waals surface area contributed by atoms with E-state index in [9.17, 15) is 18.4 Å². The molecule has 0 aliphatic carbocycles. The van der Waals surface area contributed by atoms with Gasteiger partial charge in [-0.3, -0.25) is 9.59 Å². The molecule has 0 bridgehead atoms. The molecular weight excluding hydrogens is 278 g/mol. The Morgan fingerprint density at radius 3 is 2.71 bits per heavy atom. The highest BCUT2D eigenvalue weighted by molar-refractivity contribution is 5.97. The summed E-state index contributed by atoms with van der Waals surface area (Å²) >= 11 is 0. The summed E-state index contributed by atoms with van der Waals surface area (Å²) in [6.45, 7) is 4.99. The highest BCUT2D eigenvalue weighted by Crippen LogP contribution is 2.21. The van der Waals surface area contributed by atoms with Crippen LogP contribution in [0, 0.1) is 23.5 Å². The average molecular weight is 296 g/mol. The highest BCUT2D eigenvalue weighted by atomic mass is 19.2. The van der Waals surface area contributed by atoms with Crippen LogP contribution in [0.15, 0.2) is 18.2 Å². The molecule has 1 aromatic carbocycles. The second-order valence-electron chi connectivity index (χ2n) is 5.71. The monoisotopic (exact) mass is 296 g/mol. The van der Waals surface area contributed by atoms with Crippen molar-refractivity contribution in [3.05, 3.63) is 29.8 Å². The lowest BCUT2D eigenvalue weighted by Gasteiger charge is -2.18. The number of rotatable bonds is 4. The van der Waals surface area contributed by atoms with Crippen LogP contribution in [0.25, 0.3) is 0 Å².